The maximum Gasteiger partial charge on any atom is 0.187 e. The molecule has 0 saturated carbocycles. The third-order valence-corrected chi connectivity index (χ3v) is 4.53. The van der Waals surface area contributed by atoms with Gasteiger partial charge < -0.3 is 28.8 Å². The smallest absolute Gasteiger partial charge is 0.187 e. The number of aliphatic hydroxyl groups excluding tert-OH is 1. The molecule has 5 atom stereocenters. The molecule has 0 radical (unpaired) electrons. The van der Waals surface area contributed by atoms with E-state index in [4.69, 9.17) is 23.7 Å². The summed E-state index contributed by atoms with van der Waals surface area (Å²) in [6.07, 6.45) is 4.75. The maximum atomic E-state index is 10.8. The molecule has 160 valence electrons. The van der Waals surface area contributed by atoms with Gasteiger partial charge in [0.1, 0.15) is 24.4 Å². The normalized spacial score (nSPS) is 28.4. The van der Waals surface area contributed by atoms with Crippen molar-refractivity contribution in [2.75, 3.05) is 33.0 Å². The zero-order chi connectivity index (χ0) is 19.9. The molecule has 0 bridgehead atoms. The number of unbranched alkanes of at least 4 members (excludes halogenated alkanes) is 3. The van der Waals surface area contributed by atoms with Crippen molar-refractivity contribution in [1.29, 1.82) is 0 Å². The van der Waals surface area contributed by atoms with Crippen molar-refractivity contribution in [2.24, 2.45) is 0 Å². The molecule has 1 fully saturated rings. The van der Waals surface area contributed by atoms with Gasteiger partial charge in [0, 0.05) is 19.8 Å². The van der Waals surface area contributed by atoms with Gasteiger partial charge in [-0.2, -0.15) is 0 Å². The van der Waals surface area contributed by atoms with E-state index < -0.39 is 18.5 Å². The first kappa shape index (κ1) is 24.5. The van der Waals surface area contributed by atoms with Crippen LogP contribution in [0, 0.1) is 0 Å². The van der Waals surface area contributed by atoms with Gasteiger partial charge in [-0.05, 0) is 19.3 Å². The molecule has 27 heavy (non-hydrogen) atoms. The summed E-state index contributed by atoms with van der Waals surface area (Å²) in [5, 5.41) is 10.8. The van der Waals surface area contributed by atoms with E-state index in [1.165, 1.54) is 0 Å². The molecule has 1 aliphatic heterocycles. The van der Waals surface area contributed by atoms with Crippen LogP contribution in [0.3, 0.4) is 0 Å². The van der Waals surface area contributed by atoms with Gasteiger partial charge in [0.05, 0.1) is 13.2 Å². The summed E-state index contributed by atoms with van der Waals surface area (Å²) < 4.78 is 29.6. The van der Waals surface area contributed by atoms with Crippen molar-refractivity contribution < 1.29 is 28.8 Å². The van der Waals surface area contributed by atoms with E-state index in [0.717, 1.165) is 38.5 Å². The summed E-state index contributed by atoms with van der Waals surface area (Å²) >= 11 is 0. The quantitative estimate of drug-likeness (QED) is 0.323. The molecule has 1 rings (SSSR count). The van der Waals surface area contributed by atoms with Crippen molar-refractivity contribution in [1.82, 2.24) is 0 Å². The van der Waals surface area contributed by atoms with Crippen LogP contribution in [0.4, 0.5) is 0 Å². The highest BCUT2D eigenvalue weighted by Crippen LogP contribution is 2.27. The van der Waals surface area contributed by atoms with Crippen LogP contribution in [0.5, 0.6) is 0 Å². The van der Waals surface area contributed by atoms with E-state index in [-0.39, 0.29) is 12.2 Å². The summed E-state index contributed by atoms with van der Waals surface area (Å²) in [5.41, 5.74) is 0. The van der Waals surface area contributed by atoms with E-state index in [0.29, 0.717) is 33.0 Å². The van der Waals surface area contributed by atoms with Crippen LogP contribution in [0.2, 0.25) is 0 Å². The summed E-state index contributed by atoms with van der Waals surface area (Å²) in [4.78, 5) is 0. The Labute approximate surface area is 165 Å². The van der Waals surface area contributed by atoms with Crippen molar-refractivity contribution in [3.63, 3.8) is 0 Å². The van der Waals surface area contributed by atoms with Gasteiger partial charge in [-0.15, -0.1) is 6.58 Å². The first-order valence-corrected chi connectivity index (χ1v) is 10.6. The largest absolute Gasteiger partial charge is 0.385 e. The van der Waals surface area contributed by atoms with Crippen molar-refractivity contribution in [3.05, 3.63) is 12.7 Å². The molecule has 0 aromatic rings. The lowest BCUT2D eigenvalue weighted by molar-refractivity contribution is -0.313. The SMILES string of the molecule is C=CCO[C@@H]1OC(COCCCC)[C@@H](OCCCC)C(OCCCC)[C@@H]1O. The van der Waals surface area contributed by atoms with Crippen LogP contribution < -0.4 is 0 Å². The van der Waals surface area contributed by atoms with Gasteiger partial charge in [-0.25, -0.2) is 0 Å². The molecule has 1 saturated heterocycles. The molecule has 6 nitrogen and oxygen atoms in total. The number of hydrogen-bond acceptors (Lipinski definition) is 6. The Morgan fingerprint density at radius 1 is 0.889 bits per heavy atom. The fraction of sp³-hybridized carbons (Fsp3) is 0.905. The van der Waals surface area contributed by atoms with Crippen molar-refractivity contribution in [2.45, 2.75) is 90.0 Å². The molecular weight excluding hydrogens is 348 g/mol. The van der Waals surface area contributed by atoms with Crippen LogP contribution in [0.15, 0.2) is 12.7 Å². The summed E-state index contributed by atoms with van der Waals surface area (Å²) in [5.74, 6) is 0. The zero-order valence-electron chi connectivity index (χ0n) is 17.4. The van der Waals surface area contributed by atoms with Crippen molar-refractivity contribution >= 4 is 0 Å². The number of ether oxygens (including phenoxy) is 5. The molecule has 2 unspecified atom stereocenters. The summed E-state index contributed by atoms with van der Waals surface area (Å²) in [6, 6.07) is 0. The molecule has 1 heterocycles. The Hall–Kier alpha value is -0.500. The highest BCUT2D eigenvalue weighted by atomic mass is 16.7. The second-order valence-electron chi connectivity index (χ2n) is 6.96. The van der Waals surface area contributed by atoms with Crippen LogP contribution in [-0.4, -0.2) is 68.8 Å². The Bertz CT molecular complexity index is 365. The van der Waals surface area contributed by atoms with E-state index in [9.17, 15) is 5.11 Å². The van der Waals surface area contributed by atoms with Gasteiger partial charge in [0.2, 0.25) is 0 Å². The van der Waals surface area contributed by atoms with E-state index in [1.807, 2.05) is 0 Å². The van der Waals surface area contributed by atoms with Crippen LogP contribution in [0.25, 0.3) is 0 Å². The lowest BCUT2D eigenvalue weighted by Crippen LogP contribution is -2.61. The lowest BCUT2D eigenvalue weighted by atomic mass is 9.98. The molecule has 1 N–H and O–H groups in total. The Morgan fingerprint density at radius 3 is 2.07 bits per heavy atom. The molecule has 0 amide bonds. The zero-order valence-corrected chi connectivity index (χ0v) is 17.4. The highest BCUT2D eigenvalue weighted by molar-refractivity contribution is 4.92. The fourth-order valence-corrected chi connectivity index (χ4v) is 2.89. The second kappa shape index (κ2) is 15.4. The minimum atomic E-state index is -0.916. The average Bonchev–Trinajstić information content (AvgIpc) is 2.67. The molecule has 0 aliphatic carbocycles. The van der Waals surface area contributed by atoms with Gasteiger partial charge in [-0.1, -0.05) is 46.1 Å². The van der Waals surface area contributed by atoms with Gasteiger partial charge in [-0.3, -0.25) is 0 Å². The minimum absolute atomic E-state index is 0.300. The van der Waals surface area contributed by atoms with E-state index in [2.05, 4.69) is 27.4 Å². The predicted octanol–water partition coefficient (Wildman–Crippen LogP) is 3.46. The predicted molar refractivity (Wildman–Crippen MR) is 106 cm³/mol. The molecule has 0 spiro atoms. The van der Waals surface area contributed by atoms with Gasteiger partial charge >= 0.3 is 0 Å². The van der Waals surface area contributed by atoms with E-state index in [1.54, 1.807) is 6.08 Å². The number of aliphatic hydroxyl groups is 1. The highest BCUT2D eigenvalue weighted by Gasteiger charge is 2.47. The minimum Gasteiger partial charge on any atom is -0.385 e. The standard InChI is InChI=1S/C21H40O6/c1-5-9-13-23-16-17-19(24-14-10-6-2)20(25-15-11-7-3)18(22)21(27-17)26-12-8-4/h8,17-22H,4-7,9-16H2,1-3H3/t17?,18-,19+,20?,21+/m0/s1. The van der Waals surface area contributed by atoms with Crippen LogP contribution >= 0.6 is 0 Å². The van der Waals surface area contributed by atoms with Crippen LogP contribution in [-0.2, 0) is 23.7 Å². The second-order valence-corrected chi connectivity index (χ2v) is 6.96. The summed E-state index contributed by atoms with van der Waals surface area (Å²) in [6.45, 7) is 12.6. The third kappa shape index (κ3) is 9.03. The number of hydrogen-bond donors (Lipinski definition) is 1. The first-order chi connectivity index (χ1) is 13.2. The topological polar surface area (TPSA) is 66.4 Å². The summed E-state index contributed by atoms with van der Waals surface area (Å²) in [7, 11) is 0. The van der Waals surface area contributed by atoms with Gasteiger partial charge in [0.25, 0.3) is 0 Å². The third-order valence-electron chi connectivity index (χ3n) is 4.53. The average molecular weight is 389 g/mol. The van der Waals surface area contributed by atoms with E-state index >= 15 is 0 Å². The first-order valence-electron chi connectivity index (χ1n) is 10.6. The molecule has 0 aromatic heterocycles. The monoisotopic (exact) mass is 388 g/mol. The van der Waals surface area contributed by atoms with Crippen LogP contribution in [0.1, 0.15) is 59.3 Å². The molecule has 6 heteroatoms. The maximum absolute atomic E-state index is 10.8. The Kier molecular flexibility index (Phi) is 14.0. The lowest BCUT2D eigenvalue weighted by Gasteiger charge is -2.44. The van der Waals surface area contributed by atoms with Crippen molar-refractivity contribution in [3.8, 4) is 0 Å². The molecular formula is C21H40O6. The number of rotatable bonds is 16. The Balaban J connectivity index is 2.83. The molecule has 0 aromatic carbocycles. The Morgan fingerprint density at radius 2 is 1.48 bits per heavy atom. The molecule has 1 aliphatic rings. The van der Waals surface area contributed by atoms with Gasteiger partial charge in [0.15, 0.2) is 6.29 Å². The fourth-order valence-electron chi connectivity index (χ4n) is 2.89.